The molecule has 1 saturated carbocycles. The molecule has 0 atom stereocenters. The van der Waals surface area contributed by atoms with E-state index in [1.807, 2.05) is 18.2 Å². The summed E-state index contributed by atoms with van der Waals surface area (Å²) in [5, 5.41) is 8.06. The van der Waals surface area contributed by atoms with Gasteiger partial charge < -0.3 is 10.6 Å². The fourth-order valence-electron chi connectivity index (χ4n) is 1.53. The highest BCUT2D eigenvalue weighted by atomic mass is 35.5. The Hall–Kier alpha value is -0.280. The summed E-state index contributed by atoms with van der Waals surface area (Å²) in [5.74, 6) is 0. The van der Waals surface area contributed by atoms with Crippen LogP contribution in [0.3, 0.4) is 0 Å². The van der Waals surface area contributed by atoms with E-state index in [1.165, 1.54) is 18.4 Å². The third-order valence-corrected chi connectivity index (χ3v) is 3.36. The van der Waals surface area contributed by atoms with E-state index in [-0.39, 0.29) is 0 Å². The topological polar surface area (TPSA) is 24.1 Å². The lowest BCUT2D eigenvalue weighted by atomic mass is 10.2. The smallest absolute Gasteiger partial charge is 0.0595 e. The summed E-state index contributed by atoms with van der Waals surface area (Å²) in [4.78, 5) is 0. The van der Waals surface area contributed by atoms with Crippen LogP contribution in [0, 0.1) is 0 Å². The van der Waals surface area contributed by atoms with Crippen molar-refractivity contribution in [3.63, 3.8) is 0 Å². The van der Waals surface area contributed by atoms with Gasteiger partial charge >= 0.3 is 0 Å². The van der Waals surface area contributed by atoms with E-state index in [0.717, 1.165) is 25.7 Å². The Morgan fingerprint density at radius 1 is 1.12 bits per heavy atom. The predicted octanol–water partition coefficient (Wildman–Crippen LogP) is 2.84. The average molecular weight is 259 g/mol. The SMILES string of the molecule is Clc1ccc(CNCCNC2CC2)cc1Cl. The largest absolute Gasteiger partial charge is 0.313 e. The minimum Gasteiger partial charge on any atom is -0.313 e. The maximum atomic E-state index is 5.93. The monoisotopic (exact) mass is 258 g/mol. The van der Waals surface area contributed by atoms with Crippen molar-refractivity contribution in [1.82, 2.24) is 10.6 Å². The molecule has 2 rings (SSSR count). The maximum Gasteiger partial charge on any atom is 0.0595 e. The zero-order valence-electron chi connectivity index (χ0n) is 9.10. The molecule has 4 heteroatoms. The van der Waals surface area contributed by atoms with Crippen molar-refractivity contribution >= 4 is 23.2 Å². The van der Waals surface area contributed by atoms with Crippen molar-refractivity contribution in [2.24, 2.45) is 0 Å². The Labute approximate surface area is 106 Å². The van der Waals surface area contributed by atoms with Gasteiger partial charge in [-0.15, -0.1) is 0 Å². The second-order valence-corrected chi connectivity index (χ2v) is 4.97. The van der Waals surface area contributed by atoms with Crippen LogP contribution in [0.4, 0.5) is 0 Å². The molecule has 2 N–H and O–H groups in total. The molecule has 88 valence electrons. The van der Waals surface area contributed by atoms with E-state index in [1.54, 1.807) is 0 Å². The van der Waals surface area contributed by atoms with E-state index < -0.39 is 0 Å². The molecule has 1 aromatic rings. The van der Waals surface area contributed by atoms with Crippen molar-refractivity contribution in [2.75, 3.05) is 13.1 Å². The molecule has 0 spiro atoms. The van der Waals surface area contributed by atoms with Crippen molar-refractivity contribution in [2.45, 2.75) is 25.4 Å². The lowest BCUT2D eigenvalue weighted by molar-refractivity contribution is 0.608. The minimum absolute atomic E-state index is 0.612. The average Bonchev–Trinajstić information content (AvgIpc) is 3.07. The van der Waals surface area contributed by atoms with Gasteiger partial charge in [-0.2, -0.15) is 0 Å². The van der Waals surface area contributed by atoms with Gasteiger partial charge in [-0.25, -0.2) is 0 Å². The molecule has 0 bridgehead atoms. The van der Waals surface area contributed by atoms with Gasteiger partial charge in [0, 0.05) is 25.7 Å². The van der Waals surface area contributed by atoms with Gasteiger partial charge in [0.05, 0.1) is 10.0 Å². The Bertz CT molecular complexity index is 351. The molecule has 0 unspecified atom stereocenters. The summed E-state index contributed by atoms with van der Waals surface area (Å²) < 4.78 is 0. The van der Waals surface area contributed by atoms with Crippen molar-refractivity contribution < 1.29 is 0 Å². The van der Waals surface area contributed by atoms with Crippen LogP contribution in [-0.2, 0) is 6.54 Å². The number of nitrogens with one attached hydrogen (secondary N) is 2. The lowest BCUT2D eigenvalue weighted by Crippen LogP contribution is -2.28. The van der Waals surface area contributed by atoms with Crippen molar-refractivity contribution in [3.05, 3.63) is 33.8 Å². The molecule has 0 heterocycles. The molecule has 0 amide bonds. The molecule has 1 aliphatic rings. The summed E-state index contributed by atoms with van der Waals surface area (Å²) >= 11 is 11.8. The van der Waals surface area contributed by atoms with E-state index in [9.17, 15) is 0 Å². The number of hydrogen-bond acceptors (Lipinski definition) is 2. The molecule has 0 saturated heterocycles. The molecule has 0 radical (unpaired) electrons. The van der Waals surface area contributed by atoms with E-state index in [0.29, 0.717) is 10.0 Å². The number of benzene rings is 1. The number of hydrogen-bond donors (Lipinski definition) is 2. The molecule has 1 aliphatic carbocycles. The van der Waals surface area contributed by atoms with Gasteiger partial charge in [0.25, 0.3) is 0 Å². The molecule has 2 nitrogen and oxygen atoms in total. The van der Waals surface area contributed by atoms with Crippen LogP contribution in [0.25, 0.3) is 0 Å². The quantitative estimate of drug-likeness (QED) is 0.767. The predicted molar refractivity (Wildman–Crippen MR) is 69.2 cm³/mol. The van der Waals surface area contributed by atoms with E-state index in [2.05, 4.69) is 10.6 Å². The Morgan fingerprint density at radius 3 is 2.62 bits per heavy atom. The first kappa shape index (κ1) is 12.2. The van der Waals surface area contributed by atoms with Gasteiger partial charge in [-0.1, -0.05) is 29.3 Å². The van der Waals surface area contributed by atoms with Crippen molar-refractivity contribution in [1.29, 1.82) is 0 Å². The summed E-state index contributed by atoms with van der Waals surface area (Å²) in [5.41, 5.74) is 1.17. The first-order chi connectivity index (χ1) is 7.75. The molecule has 1 fully saturated rings. The summed E-state index contributed by atoms with van der Waals surface area (Å²) in [7, 11) is 0. The second-order valence-electron chi connectivity index (χ2n) is 4.15. The van der Waals surface area contributed by atoms with Crippen LogP contribution in [0.1, 0.15) is 18.4 Å². The third-order valence-electron chi connectivity index (χ3n) is 2.63. The fourth-order valence-corrected chi connectivity index (χ4v) is 1.86. The fraction of sp³-hybridized carbons (Fsp3) is 0.500. The van der Waals surface area contributed by atoms with Gasteiger partial charge in [0.15, 0.2) is 0 Å². The zero-order valence-corrected chi connectivity index (χ0v) is 10.6. The molecular weight excluding hydrogens is 243 g/mol. The highest BCUT2D eigenvalue weighted by molar-refractivity contribution is 6.42. The molecule has 0 aromatic heterocycles. The van der Waals surface area contributed by atoms with E-state index >= 15 is 0 Å². The Kier molecular flexibility index (Phi) is 4.47. The minimum atomic E-state index is 0.612. The highest BCUT2D eigenvalue weighted by Gasteiger charge is 2.19. The standard InChI is InChI=1S/C12H16Cl2N2/c13-11-4-1-9(7-12(11)14)8-15-5-6-16-10-2-3-10/h1,4,7,10,15-16H,2-3,5-6,8H2. The Morgan fingerprint density at radius 2 is 1.94 bits per heavy atom. The van der Waals surface area contributed by atoms with Gasteiger partial charge in [0.2, 0.25) is 0 Å². The van der Waals surface area contributed by atoms with Crippen LogP contribution < -0.4 is 10.6 Å². The van der Waals surface area contributed by atoms with Crippen LogP contribution in [0.15, 0.2) is 18.2 Å². The molecular formula is C12H16Cl2N2. The van der Waals surface area contributed by atoms with Crippen molar-refractivity contribution in [3.8, 4) is 0 Å². The second kappa shape index (κ2) is 5.87. The van der Waals surface area contributed by atoms with Crippen LogP contribution >= 0.6 is 23.2 Å². The van der Waals surface area contributed by atoms with Gasteiger partial charge in [-0.05, 0) is 30.5 Å². The van der Waals surface area contributed by atoms with Crippen LogP contribution in [-0.4, -0.2) is 19.1 Å². The zero-order chi connectivity index (χ0) is 11.4. The van der Waals surface area contributed by atoms with Gasteiger partial charge in [0.1, 0.15) is 0 Å². The first-order valence-corrected chi connectivity index (χ1v) is 6.39. The van der Waals surface area contributed by atoms with Gasteiger partial charge in [-0.3, -0.25) is 0 Å². The summed E-state index contributed by atoms with van der Waals surface area (Å²) in [6.45, 7) is 2.85. The lowest BCUT2D eigenvalue weighted by Gasteiger charge is -2.06. The number of rotatable bonds is 6. The van der Waals surface area contributed by atoms with Crippen LogP contribution in [0.2, 0.25) is 10.0 Å². The summed E-state index contributed by atoms with van der Waals surface area (Å²) in [6, 6.07) is 6.52. The number of halogens is 2. The Balaban J connectivity index is 1.65. The molecule has 1 aromatic carbocycles. The third kappa shape index (κ3) is 3.95. The first-order valence-electron chi connectivity index (χ1n) is 5.64. The normalized spacial score (nSPS) is 15.4. The molecule has 16 heavy (non-hydrogen) atoms. The maximum absolute atomic E-state index is 5.93. The molecule has 0 aliphatic heterocycles. The highest BCUT2D eigenvalue weighted by Crippen LogP contribution is 2.22. The van der Waals surface area contributed by atoms with Crippen LogP contribution in [0.5, 0.6) is 0 Å². The van der Waals surface area contributed by atoms with E-state index in [4.69, 9.17) is 23.2 Å². The summed E-state index contributed by atoms with van der Waals surface area (Å²) in [6.07, 6.45) is 2.68.